The minimum absolute atomic E-state index is 0.710. The average molecular weight is 500 g/mol. The first kappa shape index (κ1) is 28.2. The van der Waals surface area contributed by atoms with Gasteiger partial charge < -0.3 is 0 Å². The Morgan fingerprint density at radius 2 is 0.815 bits per heavy atom. The van der Waals surface area contributed by atoms with E-state index >= 15 is 0 Å². The van der Waals surface area contributed by atoms with Gasteiger partial charge in [0.15, 0.2) is 0 Å². The number of hydrogen-bond acceptors (Lipinski definition) is 4. The van der Waals surface area contributed by atoms with E-state index in [1.807, 2.05) is 0 Å². The number of unbranched alkanes of at least 4 members (excludes halogenated alkanes) is 2. The average Bonchev–Trinajstić information content (AvgIpc) is 2.71. The quantitative estimate of drug-likeness (QED) is 0.145. The van der Waals surface area contributed by atoms with E-state index in [4.69, 9.17) is 10.6 Å². The summed E-state index contributed by atoms with van der Waals surface area (Å²) in [7, 11) is -3.74. The van der Waals surface area contributed by atoms with Gasteiger partial charge in [0.1, 0.15) is 0 Å². The second-order valence-corrected chi connectivity index (χ2v) is 23.9. The first-order chi connectivity index (χ1) is 12.9. The molecule has 0 heterocycles. The van der Waals surface area contributed by atoms with Crippen molar-refractivity contribution >= 4 is 16.6 Å². The van der Waals surface area contributed by atoms with Crippen molar-refractivity contribution in [3.05, 3.63) is 0 Å². The number of hydrogen-bond donors (Lipinski definition) is 0. The third kappa shape index (κ3) is 9.23. The molecule has 0 amide bonds. The predicted octanol–water partition coefficient (Wildman–Crippen LogP) is 7.48. The summed E-state index contributed by atoms with van der Waals surface area (Å²) in [5.41, 5.74) is 0. The molecule has 0 unspecified atom stereocenters. The van der Waals surface area contributed by atoms with Crippen molar-refractivity contribution in [2.45, 2.75) is 117 Å². The van der Waals surface area contributed by atoms with E-state index < -0.39 is 38.7 Å². The maximum atomic E-state index is 7.04. The van der Waals surface area contributed by atoms with E-state index in [-0.39, 0.29) is 0 Å². The van der Waals surface area contributed by atoms with Crippen molar-refractivity contribution in [3.8, 4) is 0 Å². The Bertz CT molecular complexity index is 313. The summed E-state index contributed by atoms with van der Waals surface area (Å²) in [4.78, 5) is 0. The van der Waals surface area contributed by atoms with E-state index in [9.17, 15) is 0 Å². The van der Waals surface area contributed by atoms with Crippen LogP contribution in [0.4, 0.5) is 0 Å². The zero-order valence-corrected chi connectivity index (χ0v) is 24.1. The van der Waals surface area contributed by atoms with Crippen molar-refractivity contribution in [1.82, 2.24) is 0 Å². The van der Waals surface area contributed by atoms with Crippen molar-refractivity contribution in [3.63, 3.8) is 0 Å². The Balaban J connectivity index is 5.88. The van der Waals surface area contributed by atoms with Crippen LogP contribution < -0.4 is 0 Å². The zero-order chi connectivity index (χ0) is 20.8. The molecule has 0 saturated carbocycles. The fourth-order valence-electron chi connectivity index (χ4n) is 3.33. The molecule has 164 valence electrons. The fraction of sp³-hybridized carbons (Fsp3) is 1.00. The topological polar surface area (TPSA) is 36.9 Å². The Morgan fingerprint density at radius 3 is 1.04 bits per heavy atom. The molecule has 0 saturated heterocycles. The Morgan fingerprint density at radius 1 is 0.519 bits per heavy atom. The monoisotopic (exact) mass is 498 g/mol. The Hall–Kier alpha value is 1.16. The van der Waals surface area contributed by atoms with Crippen molar-refractivity contribution in [2.24, 2.45) is 0 Å². The number of rotatable bonds is 18. The van der Waals surface area contributed by atoms with Gasteiger partial charge in [0.25, 0.3) is 0 Å². The van der Waals surface area contributed by atoms with Crippen LogP contribution in [-0.4, -0.2) is 29.8 Å². The Kier molecular flexibility index (Phi) is 15.7. The van der Waals surface area contributed by atoms with Gasteiger partial charge in [-0.1, -0.05) is 0 Å². The van der Waals surface area contributed by atoms with Gasteiger partial charge in [-0.15, -0.1) is 0 Å². The molecule has 0 N–H and O–H groups in total. The van der Waals surface area contributed by atoms with E-state index in [1.165, 1.54) is 0 Å². The summed E-state index contributed by atoms with van der Waals surface area (Å²) in [5.74, 6) is 0. The van der Waals surface area contributed by atoms with Crippen molar-refractivity contribution < 1.29 is 32.7 Å². The van der Waals surface area contributed by atoms with Crippen molar-refractivity contribution in [1.29, 1.82) is 0 Å². The normalized spacial score (nSPS) is 13.3. The second-order valence-electron chi connectivity index (χ2n) is 7.60. The van der Waals surface area contributed by atoms with Gasteiger partial charge in [0.05, 0.1) is 0 Å². The second kappa shape index (κ2) is 15.0. The summed E-state index contributed by atoms with van der Waals surface area (Å²) >= 11 is -4.09. The molecular weight excluding hydrogens is 452 g/mol. The molecule has 0 fully saturated rings. The predicted molar refractivity (Wildman–Crippen MR) is 118 cm³/mol. The van der Waals surface area contributed by atoms with Crippen LogP contribution in [0.5, 0.6) is 0 Å². The van der Waals surface area contributed by atoms with Gasteiger partial charge >= 0.3 is 180 Å². The molecule has 4 nitrogen and oxygen atoms in total. The SMILES string of the molecule is CCCC[O][Zr]([O]CCCC)([O][Si](CC)(CC)CC)[O][Si](CC)(CC)CC. The Labute approximate surface area is 179 Å². The first-order valence-electron chi connectivity index (χ1n) is 11.6. The molecule has 0 atom stereocenters. The van der Waals surface area contributed by atoms with Crippen LogP contribution in [-0.2, 0) is 32.7 Å². The summed E-state index contributed by atoms with van der Waals surface area (Å²) in [6, 6.07) is 6.64. The van der Waals surface area contributed by atoms with Crippen LogP contribution in [0.1, 0.15) is 81.1 Å². The van der Waals surface area contributed by atoms with Crippen LogP contribution in [0.15, 0.2) is 0 Å². The maximum absolute atomic E-state index is 7.04. The molecule has 0 aromatic carbocycles. The van der Waals surface area contributed by atoms with Crippen LogP contribution in [0, 0.1) is 0 Å². The van der Waals surface area contributed by atoms with Crippen LogP contribution in [0.3, 0.4) is 0 Å². The van der Waals surface area contributed by atoms with Gasteiger partial charge in [-0.25, -0.2) is 0 Å². The summed E-state index contributed by atoms with van der Waals surface area (Å²) < 4.78 is 27.2. The van der Waals surface area contributed by atoms with Crippen LogP contribution in [0.2, 0.25) is 36.3 Å². The molecule has 0 aliphatic heterocycles. The first-order valence-corrected chi connectivity index (χ1v) is 20.7. The summed E-state index contributed by atoms with van der Waals surface area (Å²) in [6.07, 6.45) is 4.32. The fourth-order valence-corrected chi connectivity index (χ4v) is 27.7. The van der Waals surface area contributed by atoms with E-state index in [0.717, 1.165) is 61.9 Å². The molecule has 0 spiro atoms. The van der Waals surface area contributed by atoms with Gasteiger partial charge in [0, 0.05) is 0 Å². The molecule has 0 radical (unpaired) electrons. The molecule has 0 aromatic rings. The molecule has 27 heavy (non-hydrogen) atoms. The molecule has 0 aromatic heterocycles. The standard InChI is InChI=1S/2C6H15OSi.2C4H9O.Zr/c2*1-4-8(7,5-2)6-3;2*1-2-3-4-5;/h2*4-6H2,1-3H3;2*2-4H2,1H3;/q4*-1;+4. The van der Waals surface area contributed by atoms with E-state index in [0.29, 0.717) is 13.2 Å². The summed E-state index contributed by atoms with van der Waals surface area (Å²) in [5, 5.41) is 0. The van der Waals surface area contributed by atoms with Gasteiger partial charge in [-0.05, 0) is 0 Å². The molecule has 0 bridgehead atoms. The van der Waals surface area contributed by atoms with Gasteiger partial charge in [0.2, 0.25) is 0 Å². The van der Waals surface area contributed by atoms with Gasteiger partial charge in [-0.3, -0.25) is 0 Å². The molecule has 7 heteroatoms. The molecule has 0 aliphatic rings. The summed E-state index contributed by atoms with van der Waals surface area (Å²) in [6.45, 7) is 19.5. The zero-order valence-electron chi connectivity index (χ0n) is 19.6. The van der Waals surface area contributed by atoms with Gasteiger partial charge in [-0.2, -0.15) is 0 Å². The van der Waals surface area contributed by atoms with Crippen LogP contribution >= 0.6 is 0 Å². The van der Waals surface area contributed by atoms with Crippen LogP contribution in [0.25, 0.3) is 0 Å². The van der Waals surface area contributed by atoms with E-state index in [1.54, 1.807) is 0 Å². The molecule has 0 rings (SSSR count). The van der Waals surface area contributed by atoms with E-state index in [2.05, 4.69) is 55.4 Å². The third-order valence-corrected chi connectivity index (χ3v) is 28.0. The minimum atomic E-state index is -4.09. The van der Waals surface area contributed by atoms with Crippen molar-refractivity contribution in [2.75, 3.05) is 13.2 Å². The third-order valence-electron chi connectivity index (χ3n) is 6.10. The molecular formula is C20H48O4Si2Zr. The molecule has 0 aliphatic carbocycles.